The number of aromatic nitrogens is 1. The van der Waals surface area contributed by atoms with Crippen LogP contribution in [0.2, 0.25) is 0 Å². The summed E-state index contributed by atoms with van der Waals surface area (Å²) in [4.78, 5) is 25.5. The van der Waals surface area contributed by atoms with Gasteiger partial charge in [-0.25, -0.2) is 4.98 Å². The van der Waals surface area contributed by atoms with Crippen LogP contribution in [0.1, 0.15) is 5.56 Å². The Morgan fingerprint density at radius 2 is 2.15 bits per heavy atom. The van der Waals surface area contributed by atoms with Crippen LogP contribution in [-0.4, -0.2) is 22.9 Å². The monoisotopic (exact) mass is 293 g/mol. The summed E-state index contributed by atoms with van der Waals surface area (Å²) in [6, 6.07) is 7.08. The van der Waals surface area contributed by atoms with Crippen LogP contribution in [0.4, 0.5) is 10.1 Å². The Labute approximate surface area is 118 Å². The van der Waals surface area contributed by atoms with Gasteiger partial charge in [0, 0.05) is 0 Å². The predicted octanol–water partition coefficient (Wildman–Crippen LogP) is 2.24. The summed E-state index contributed by atoms with van der Waals surface area (Å²) in [5.41, 5.74) is 0.814. The molecule has 0 aliphatic rings. The molecule has 0 saturated heterocycles. The molecule has 0 atom stereocenters. The first kappa shape index (κ1) is 13.9. The molecule has 0 bridgehead atoms. The van der Waals surface area contributed by atoms with Crippen molar-refractivity contribution in [1.29, 1.82) is 0 Å². The lowest BCUT2D eigenvalue weighted by atomic mass is 10.1. The number of carbonyl (C=O) groups excluding carboxylic acids is 1. The summed E-state index contributed by atoms with van der Waals surface area (Å²) < 4.78 is 5.02. The second kappa shape index (κ2) is 6.11. The Hall–Kier alpha value is -2.48. The average molecular weight is 293 g/mol. The molecule has 104 valence electrons. The molecule has 0 fully saturated rings. The van der Waals surface area contributed by atoms with Gasteiger partial charge in [0.25, 0.3) is 0 Å². The Morgan fingerprint density at radius 3 is 2.70 bits per heavy atom. The lowest BCUT2D eigenvalue weighted by Gasteiger charge is -2.03. The number of anilines is 1. The minimum Gasteiger partial charge on any atom is -0.497 e. The van der Waals surface area contributed by atoms with E-state index in [0.29, 0.717) is 5.75 Å². The molecule has 1 heterocycles. The van der Waals surface area contributed by atoms with Gasteiger partial charge in [-0.05, 0) is 29.0 Å². The summed E-state index contributed by atoms with van der Waals surface area (Å²) in [6.45, 7) is 0. The minimum atomic E-state index is -0.545. The first-order valence-corrected chi connectivity index (χ1v) is 6.43. The molecule has 0 unspecified atom stereocenters. The third-order valence-electron chi connectivity index (χ3n) is 2.44. The summed E-state index contributed by atoms with van der Waals surface area (Å²) >= 11 is 0.824. The van der Waals surface area contributed by atoms with E-state index in [1.807, 2.05) is 0 Å². The van der Waals surface area contributed by atoms with Crippen molar-refractivity contribution >= 4 is 27.4 Å². The van der Waals surface area contributed by atoms with Crippen LogP contribution in [0.25, 0.3) is 0 Å². The van der Waals surface area contributed by atoms with E-state index in [-0.39, 0.29) is 22.5 Å². The fourth-order valence-electron chi connectivity index (χ4n) is 1.50. The Morgan fingerprint density at radius 1 is 1.45 bits per heavy atom. The molecule has 8 heteroatoms. The summed E-state index contributed by atoms with van der Waals surface area (Å²) in [5, 5.41) is 13.1. The third-order valence-corrected chi connectivity index (χ3v) is 3.31. The quantitative estimate of drug-likeness (QED) is 0.674. The van der Waals surface area contributed by atoms with Crippen LogP contribution in [-0.2, 0) is 11.2 Å². The number of benzene rings is 1. The van der Waals surface area contributed by atoms with Gasteiger partial charge in [0.2, 0.25) is 5.91 Å². The number of hydrogen-bond acceptors (Lipinski definition) is 6. The highest BCUT2D eigenvalue weighted by Crippen LogP contribution is 2.25. The number of amides is 1. The third kappa shape index (κ3) is 3.51. The van der Waals surface area contributed by atoms with Crippen molar-refractivity contribution in [2.75, 3.05) is 12.4 Å². The van der Waals surface area contributed by atoms with Crippen molar-refractivity contribution in [2.45, 2.75) is 6.42 Å². The lowest BCUT2D eigenvalue weighted by Crippen LogP contribution is -2.14. The molecule has 2 rings (SSSR count). The van der Waals surface area contributed by atoms with Crippen molar-refractivity contribution in [2.24, 2.45) is 0 Å². The molecule has 1 amide bonds. The fraction of sp³-hybridized carbons (Fsp3) is 0.167. The number of thiazole rings is 1. The zero-order valence-corrected chi connectivity index (χ0v) is 11.3. The van der Waals surface area contributed by atoms with E-state index in [9.17, 15) is 14.9 Å². The van der Waals surface area contributed by atoms with Gasteiger partial charge in [-0.2, -0.15) is 0 Å². The largest absolute Gasteiger partial charge is 0.497 e. The zero-order chi connectivity index (χ0) is 14.5. The maximum Gasteiger partial charge on any atom is 0.345 e. The van der Waals surface area contributed by atoms with Crippen LogP contribution in [0.15, 0.2) is 30.5 Å². The second-order valence-electron chi connectivity index (χ2n) is 3.83. The average Bonchev–Trinajstić information content (AvgIpc) is 2.88. The van der Waals surface area contributed by atoms with Crippen LogP contribution in [0, 0.1) is 10.1 Å². The topological polar surface area (TPSA) is 94.4 Å². The van der Waals surface area contributed by atoms with Crippen LogP contribution < -0.4 is 10.1 Å². The number of rotatable bonds is 5. The van der Waals surface area contributed by atoms with E-state index in [0.717, 1.165) is 23.1 Å². The number of carbonyl (C=O) groups is 1. The van der Waals surface area contributed by atoms with E-state index in [1.165, 1.54) is 0 Å². The van der Waals surface area contributed by atoms with Gasteiger partial charge in [-0.3, -0.25) is 14.9 Å². The first-order valence-electron chi connectivity index (χ1n) is 5.61. The second-order valence-corrected chi connectivity index (χ2v) is 4.84. The number of ether oxygens (including phenoxy) is 1. The normalized spacial score (nSPS) is 10.1. The Kier molecular flexibility index (Phi) is 4.26. The van der Waals surface area contributed by atoms with Gasteiger partial charge >= 0.3 is 5.00 Å². The molecule has 20 heavy (non-hydrogen) atoms. The number of nitrogens with zero attached hydrogens (tertiary/aromatic N) is 2. The highest BCUT2D eigenvalue weighted by Gasteiger charge is 2.13. The molecule has 2 aromatic rings. The van der Waals surface area contributed by atoms with Crippen LogP contribution >= 0.6 is 11.3 Å². The highest BCUT2D eigenvalue weighted by atomic mass is 32.1. The van der Waals surface area contributed by atoms with E-state index in [1.54, 1.807) is 31.4 Å². The predicted molar refractivity (Wildman–Crippen MR) is 74.1 cm³/mol. The maximum atomic E-state index is 11.8. The molecule has 1 N–H and O–H groups in total. The summed E-state index contributed by atoms with van der Waals surface area (Å²) in [7, 11) is 1.57. The van der Waals surface area contributed by atoms with E-state index in [2.05, 4.69) is 10.3 Å². The number of methoxy groups -OCH3 is 1. The highest BCUT2D eigenvalue weighted by molar-refractivity contribution is 7.18. The van der Waals surface area contributed by atoms with Gasteiger partial charge < -0.3 is 10.1 Å². The molecule has 0 radical (unpaired) electrons. The lowest BCUT2D eigenvalue weighted by molar-refractivity contribution is -0.380. The first-order chi connectivity index (χ1) is 9.58. The molecule has 7 nitrogen and oxygen atoms in total. The molecule has 1 aromatic heterocycles. The molecule has 0 spiro atoms. The van der Waals surface area contributed by atoms with Gasteiger partial charge in [0.15, 0.2) is 5.13 Å². The molecular weight excluding hydrogens is 282 g/mol. The molecule has 0 saturated carbocycles. The van der Waals surface area contributed by atoms with Crippen molar-refractivity contribution in [3.8, 4) is 5.75 Å². The SMILES string of the molecule is COc1ccc(CC(=O)Nc2ncc([N+](=O)[O-])s2)cc1. The molecule has 0 aliphatic heterocycles. The zero-order valence-electron chi connectivity index (χ0n) is 10.5. The Bertz CT molecular complexity index is 624. The van der Waals surface area contributed by atoms with Gasteiger partial charge in [-0.15, -0.1) is 0 Å². The van der Waals surface area contributed by atoms with Crippen LogP contribution in [0.5, 0.6) is 5.75 Å². The smallest absolute Gasteiger partial charge is 0.345 e. The van der Waals surface area contributed by atoms with E-state index in [4.69, 9.17) is 4.74 Å². The van der Waals surface area contributed by atoms with E-state index >= 15 is 0 Å². The number of nitrogens with one attached hydrogen (secondary N) is 1. The minimum absolute atomic E-state index is 0.107. The van der Waals surface area contributed by atoms with Gasteiger partial charge in [-0.1, -0.05) is 12.1 Å². The van der Waals surface area contributed by atoms with Crippen molar-refractivity contribution < 1.29 is 14.5 Å². The number of nitro groups is 1. The fourth-order valence-corrected chi connectivity index (χ4v) is 2.15. The molecule has 1 aromatic carbocycles. The number of hydrogen-bond donors (Lipinski definition) is 1. The summed E-state index contributed by atoms with van der Waals surface area (Å²) in [5.74, 6) is 0.434. The standard InChI is InChI=1S/C12H11N3O4S/c1-19-9-4-2-8(3-5-9)6-10(16)14-12-13-7-11(20-12)15(17)18/h2-5,7H,6H2,1H3,(H,13,14,16). The Balaban J connectivity index is 1.95. The molecular formula is C12H11N3O4S. The van der Waals surface area contributed by atoms with Gasteiger partial charge in [0.1, 0.15) is 11.9 Å². The van der Waals surface area contributed by atoms with Crippen molar-refractivity contribution in [1.82, 2.24) is 4.98 Å². The van der Waals surface area contributed by atoms with Crippen molar-refractivity contribution in [3.05, 3.63) is 46.1 Å². The van der Waals surface area contributed by atoms with Gasteiger partial charge in [0.05, 0.1) is 18.5 Å². The van der Waals surface area contributed by atoms with Crippen molar-refractivity contribution in [3.63, 3.8) is 0 Å². The molecule has 0 aliphatic carbocycles. The van der Waals surface area contributed by atoms with E-state index < -0.39 is 4.92 Å². The maximum absolute atomic E-state index is 11.8. The van der Waals surface area contributed by atoms with Crippen LogP contribution in [0.3, 0.4) is 0 Å². The summed E-state index contributed by atoms with van der Waals surface area (Å²) in [6.07, 6.45) is 1.28.